The first-order valence-corrected chi connectivity index (χ1v) is 10.7. The van der Waals surface area contributed by atoms with Gasteiger partial charge in [-0.2, -0.15) is 0 Å². The van der Waals surface area contributed by atoms with Crippen LogP contribution in [0, 0.1) is 20.8 Å². The monoisotopic (exact) mass is 453 g/mol. The second kappa shape index (κ2) is 9.84. The molecule has 152 valence electrons. The van der Waals surface area contributed by atoms with E-state index in [9.17, 15) is 0 Å². The van der Waals surface area contributed by atoms with Crippen molar-refractivity contribution in [3.8, 4) is 11.5 Å². The van der Waals surface area contributed by atoms with E-state index in [4.69, 9.17) is 9.47 Å². The summed E-state index contributed by atoms with van der Waals surface area (Å²) in [5, 5.41) is 3.50. The first kappa shape index (κ1) is 21.3. The number of nitrogens with one attached hydrogen (secondary N) is 1. The van der Waals surface area contributed by atoms with E-state index in [0.29, 0.717) is 19.8 Å². The van der Waals surface area contributed by atoms with Gasteiger partial charge in [0.05, 0.1) is 6.61 Å². The van der Waals surface area contributed by atoms with Crippen molar-refractivity contribution < 1.29 is 9.47 Å². The van der Waals surface area contributed by atoms with Crippen molar-refractivity contribution in [3.63, 3.8) is 0 Å². The predicted octanol–water partition coefficient (Wildman–Crippen LogP) is 6.96. The minimum Gasteiger partial charge on any atom is -0.490 e. The number of hydrogen-bond acceptors (Lipinski definition) is 3. The Morgan fingerprint density at radius 1 is 0.862 bits per heavy atom. The summed E-state index contributed by atoms with van der Waals surface area (Å²) in [7, 11) is 0. The maximum Gasteiger partial charge on any atom is 0.162 e. The second-order valence-electron chi connectivity index (χ2n) is 7.25. The normalized spacial score (nSPS) is 10.7. The van der Waals surface area contributed by atoms with Crippen molar-refractivity contribution in [2.75, 3.05) is 11.9 Å². The number of anilines is 1. The minimum atomic E-state index is 0.508. The lowest BCUT2D eigenvalue weighted by Gasteiger charge is -2.16. The molecule has 29 heavy (non-hydrogen) atoms. The van der Waals surface area contributed by atoms with Crippen LogP contribution in [-0.2, 0) is 13.2 Å². The number of ether oxygens (including phenoxy) is 2. The molecule has 0 aliphatic carbocycles. The molecular formula is C25H28BrNO2. The quantitative estimate of drug-likeness (QED) is 0.399. The highest BCUT2D eigenvalue weighted by Crippen LogP contribution is 2.35. The Bertz CT molecular complexity index is 985. The fourth-order valence-corrected chi connectivity index (χ4v) is 3.57. The molecule has 0 radical (unpaired) electrons. The Balaban J connectivity index is 1.75. The number of aryl methyl sites for hydroxylation is 3. The SMILES string of the molecule is CCOc1cc(CNc2ccc(C)c(C)c2)c(Br)cc1OCc1cccc(C)c1. The van der Waals surface area contributed by atoms with E-state index in [2.05, 4.69) is 84.5 Å². The van der Waals surface area contributed by atoms with E-state index < -0.39 is 0 Å². The standard InChI is InChI=1S/C25H28BrNO2/c1-5-28-24-13-21(15-27-22-10-9-18(3)19(4)12-22)23(26)14-25(24)29-16-20-8-6-7-17(2)11-20/h6-14,27H,5,15-16H2,1-4H3. The summed E-state index contributed by atoms with van der Waals surface area (Å²) < 4.78 is 12.9. The van der Waals surface area contributed by atoms with Gasteiger partial charge in [-0.1, -0.05) is 51.8 Å². The number of halogens is 1. The first-order chi connectivity index (χ1) is 14.0. The Morgan fingerprint density at radius 2 is 1.66 bits per heavy atom. The molecule has 0 aromatic heterocycles. The molecule has 1 N–H and O–H groups in total. The van der Waals surface area contributed by atoms with E-state index in [1.165, 1.54) is 16.7 Å². The van der Waals surface area contributed by atoms with Crippen LogP contribution in [-0.4, -0.2) is 6.61 Å². The minimum absolute atomic E-state index is 0.508. The van der Waals surface area contributed by atoms with Gasteiger partial charge in [-0.3, -0.25) is 0 Å². The van der Waals surface area contributed by atoms with Crippen molar-refractivity contribution in [3.05, 3.63) is 86.9 Å². The van der Waals surface area contributed by atoms with Gasteiger partial charge in [0.1, 0.15) is 6.61 Å². The van der Waals surface area contributed by atoms with Gasteiger partial charge in [0.2, 0.25) is 0 Å². The number of benzene rings is 3. The summed E-state index contributed by atoms with van der Waals surface area (Å²) >= 11 is 3.69. The van der Waals surface area contributed by atoms with Gasteiger partial charge < -0.3 is 14.8 Å². The number of hydrogen-bond donors (Lipinski definition) is 1. The number of rotatable bonds is 8. The van der Waals surface area contributed by atoms with Crippen LogP contribution in [0.1, 0.15) is 34.7 Å². The highest BCUT2D eigenvalue weighted by Gasteiger charge is 2.12. The van der Waals surface area contributed by atoms with Crippen LogP contribution in [0.4, 0.5) is 5.69 Å². The smallest absolute Gasteiger partial charge is 0.162 e. The van der Waals surface area contributed by atoms with Gasteiger partial charge in [-0.15, -0.1) is 0 Å². The van der Waals surface area contributed by atoms with Gasteiger partial charge in [0.25, 0.3) is 0 Å². The van der Waals surface area contributed by atoms with Crippen molar-refractivity contribution in [1.82, 2.24) is 0 Å². The molecule has 0 atom stereocenters. The summed E-state index contributed by atoms with van der Waals surface area (Å²) in [6.45, 7) is 10.1. The predicted molar refractivity (Wildman–Crippen MR) is 124 cm³/mol. The van der Waals surface area contributed by atoms with Crippen molar-refractivity contribution in [1.29, 1.82) is 0 Å². The Morgan fingerprint density at radius 3 is 2.38 bits per heavy atom. The third-order valence-electron chi connectivity index (χ3n) is 4.88. The molecule has 3 rings (SSSR count). The van der Waals surface area contributed by atoms with E-state index in [0.717, 1.165) is 32.8 Å². The summed E-state index contributed by atoms with van der Waals surface area (Å²) in [5.41, 5.74) is 7.18. The maximum absolute atomic E-state index is 6.08. The summed E-state index contributed by atoms with van der Waals surface area (Å²) in [5.74, 6) is 1.51. The van der Waals surface area contributed by atoms with Gasteiger partial charge in [0, 0.05) is 16.7 Å². The van der Waals surface area contributed by atoms with Crippen LogP contribution >= 0.6 is 15.9 Å². The maximum atomic E-state index is 6.08. The highest BCUT2D eigenvalue weighted by atomic mass is 79.9. The van der Waals surface area contributed by atoms with Crippen molar-refractivity contribution in [2.45, 2.75) is 40.8 Å². The van der Waals surface area contributed by atoms with Crippen LogP contribution < -0.4 is 14.8 Å². The Hall–Kier alpha value is -2.46. The largest absolute Gasteiger partial charge is 0.490 e. The molecule has 0 heterocycles. The van der Waals surface area contributed by atoms with Gasteiger partial charge in [-0.25, -0.2) is 0 Å². The summed E-state index contributed by atoms with van der Waals surface area (Å²) in [6, 6.07) is 18.8. The van der Waals surface area contributed by atoms with Crippen molar-refractivity contribution >= 4 is 21.6 Å². The highest BCUT2D eigenvalue weighted by molar-refractivity contribution is 9.10. The zero-order valence-corrected chi connectivity index (χ0v) is 19.1. The molecule has 0 unspecified atom stereocenters. The molecule has 0 bridgehead atoms. The average Bonchev–Trinajstić information content (AvgIpc) is 2.69. The average molecular weight is 454 g/mol. The van der Waals surface area contributed by atoms with E-state index in [1.54, 1.807) is 0 Å². The lowest BCUT2D eigenvalue weighted by atomic mass is 10.1. The molecule has 0 amide bonds. The van der Waals surface area contributed by atoms with Crippen LogP contribution in [0.25, 0.3) is 0 Å². The summed E-state index contributed by atoms with van der Waals surface area (Å²) in [4.78, 5) is 0. The Labute approximate surface area is 182 Å². The molecule has 3 nitrogen and oxygen atoms in total. The van der Waals surface area contributed by atoms with Crippen LogP contribution in [0.3, 0.4) is 0 Å². The second-order valence-corrected chi connectivity index (χ2v) is 8.11. The third-order valence-corrected chi connectivity index (χ3v) is 5.62. The fourth-order valence-electron chi connectivity index (χ4n) is 3.11. The zero-order valence-electron chi connectivity index (χ0n) is 17.5. The molecule has 3 aromatic carbocycles. The lowest BCUT2D eigenvalue weighted by molar-refractivity contribution is 0.269. The van der Waals surface area contributed by atoms with Crippen molar-refractivity contribution in [2.24, 2.45) is 0 Å². The van der Waals surface area contributed by atoms with E-state index in [1.807, 2.05) is 19.1 Å². The van der Waals surface area contributed by atoms with Crippen LogP contribution in [0.5, 0.6) is 11.5 Å². The topological polar surface area (TPSA) is 30.5 Å². The molecule has 4 heteroatoms. The van der Waals surface area contributed by atoms with Gasteiger partial charge in [-0.05, 0) is 74.2 Å². The van der Waals surface area contributed by atoms with E-state index in [-0.39, 0.29) is 0 Å². The molecule has 0 spiro atoms. The molecule has 0 saturated carbocycles. The third kappa shape index (κ3) is 5.77. The summed E-state index contributed by atoms with van der Waals surface area (Å²) in [6.07, 6.45) is 0. The fraction of sp³-hybridized carbons (Fsp3) is 0.280. The molecule has 0 aliphatic heterocycles. The first-order valence-electron chi connectivity index (χ1n) is 9.91. The van der Waals surface area contributed by atoms with Gasteiger partial charge >= 0.3 is 0 Å². The Kier molecular flexibility index (Phi) is 7.21. The van der Waals surface area contributed by atoms with Crippen LogP contribution in [0.15, 0.2) is 59.1 Å². The lowest BCUT2D eigenvalue weighted by Crippen LogP contribution is -2.04. The molecule has 0 fully saturated rings. The van der Waals surface area contributed by atoms with Crippen LogP contribution in [0.2, 0.25) is 0 Å². The molecule has 0 aliphatic rings. The molecular weight excluding hydrogens is 426 g/mol. The molecule has 3 aromatic rings. The molecule has 0 saturated heterocycles. The van der Waals surface area contributed by atoms with Gasteiger partial charge in [0.15, 0.2) is 11.5 Å². The zero-order chi connectivity index (χ0) is 20.8. The van der Waals surface area contributed by atoms with E-state index >= 15 is 0 Å².